The average Bonchev–Trinajstić information content (AvgIpc) is 2.19. The molecule has 1 aromatic heterocycles. The number of hydrogen-bond acceptors (Lipinski definition) is 4. The van der Waals surface area contributed by atoms with E-state index in [9.17, 15) is 4.79 Å². The first-order chi connectivity index (χ1) is 6.72. The van der Waals surface area contributed by atoms with Gasteiger partial charge in [0.1, 0.15) is 0 Å². The van der Waals surface area contributed by atoms with Gasteiger partial charge in [0, 0.05) is 6.20 Å². The fourth-order valence-corrected chi connectivity index (χ4v) is 0.791. The first-order valence-electron chi connectivity index (χ1n) is 4.21. The van der Waals surface area contributed by atoms with E-state index in [1.54, 1.807) is 25.3 Å². The third kappa shape index (κ3) is 3.40. The van der Waals surface area contributed by atoms with Crippen LogP contribution in [0.5, 0.6) is 5.75 Å². The Labute approximate surface area is 81.7 Å². The van der Waals surface area contributed by atoms with Crippen LogP contribution in [0.3, 0.4) is 0 Å². The average molecular weight is 196 g/mol. The van der Waals surface area contributed by atoms with Gasteiger partial charge in [0.05, 0.1) is 18.8 Å². The van der Waals surface area contributed by atoms with Gasteiger partial charge >= 0.3 is 6.09 Å². The smallest absolute Gasteiger partial charge is 0.409 e. The van der Waals surface area contributed by atoms with E-state index in [1.165, 1.54) is 6.20 Å². The highest BCUT2D eigenvalue weighted by Crippen LogP contribution is 2.05. The Morgan fingerprint density at radius 1 is 1.79 bits per heavy atom. The molecule has 0 aromatic carbocycles. The molecule has 1 rings (SSSR count). The minimum Gasteiger partial charge on any atom is -0.409 e. The van der Waals surface area contributed by atoms with E-state index in [-0.39, 0.29) is 12.6 Å². The Balaban J connectivity index is 2.42. The van der Waals surface area contributed by atoms with E-state index >= 15 is 0 Å². The van der Waals surface area contributed by atoms with Crippen molar-refractivity contribution < 1.29 is 14.6 Å². The monoisotopic (exact) mass is 196 g/mol. The third-order valence-electron chi connectivity index (χ3n) is 1.48. The first kappa shape index (κ1) is 10.5. The minimum atomic E-state index is -0.598. The maximum Gasteiger partial charge on any atom is 0.412 e. The van der Waals surface area contributed by atoms with Gasteiger partial charge in [-0.15, -0.1) is 0 Å². The SMILES string of the molecule is CC(CO)NC(=O)Oc1cccnc1. The molecule has 14 heavy (non-hydrogen) atoms. The molecule has 0 aliphatic carbocycles. The number of pyridine rings is 1. The van der Waals surface area contributed by atoms with Gasteiger partial charge in [-0.25, -0.2) is 4.79 Å². The number of carbonyl (C=O) groups excluding carboxylic acids is 1. The highest BCUT2D eigenvalue weighted by molar-refractivity contribution is 5.70. The number of hydrogen-bond donors (Lipinski definition) is 2. The topological polar surface area (TPSA) is 71.5 Å². The van der Waals surface area contributed by atoms with E-state index in [4.69, 9.17) is 9.84 Å². The molecule has 76 valence electrons. The van der Waals surface area contributed by atoms with E-state index in [0.29, 0.717) is 5.75 Å². The molecule has 2 N–H and O–H groups in total. The molecular formula is C9H12N2O3. The molecule has 1 unspecified atom stereocenters. The normalized spacial score (nSPS) is 11.9. The van der Waals surface area contributed by atoms with Crippen molar-refractivity contribution in [3.05, 3.63) is 24.5 Å². The van der Waals surface area contributed by atoms with Crippen LogP contribution in [0.2, 0.25) is 0 Å². The zero-order chi connectivity index (χ0) is 10.4. The lowest BCUT2D eigenvalue weighted by molar-refractivity contribution is 0.185. The molecule has 0 aliphatic rings. The standard InChI is InChI=1S/C9H12N2O3/c1-7(6-12)11-9(13)14-8-3-2-4-10-5-8/h2-5,7,12H,6H2,1H3,(H,11,13). The van der Waals surface area contributed by atoms with E-state index < -0.39 is 6.09 Å². The summed E-state index contributed by atoms with van der Waals surface area (Å²) in [7, 11) is 0. The molecule has 5 nitrogen and oxygen atoms in total. The van der Waals surface area contributed by atoms with Crippen LogP contribution in [-0.4, -0.2) is 28.8 Å². The van der Waals surface area contributed by atoms with Gasteiger partial charge in [0.25, 0.3) is 0 Å². The van der Waals surface area contributed by atoms with Crippen LogP contribution in [-0.2, 0) is 0 Å². The maximum atomic E-state index is 11.1. The second kappa shape index (κ2) is 5.18. The predicted molar refractivity (Wildman–Crippen MR) is 49.9 cm³/mol. The van der Waals surface area contributed by atoms with Crippen LogP contribution >= 0.6 is 0 Å². The van der Waals surface area contributed by atoms with Crippen LogP contribution < -0.4 is 10.1 Å². The number of carbonyl (C=O) groups is 1. The van der Waals surface area contributed by atoms with Gasteiger partial charge in [-0.05, 0) is 19.1 Å². The molecule has 0 spiro atoms. The number of aromatic nitrogens is 1. The molecule has 0 fully saturated rings. The van der Waals surface area contributed by atoms with Crippen molar-refractivity contribution in [2.24, 2.45) is 0 Å². The van der Waals surface area contributed by atoms with Crippen LogP contribution in [0, 0.1) is 0 Å². The number of nitrogens with one attached hydrogen (secondary N) is 1. The van der Waals surface area contributed by atoms with Gasteiger partial charge < -0.3 is 15.2 Å². The molecule has 1 atom stereocenters. The zero-order valence-electron chi connectivity index (χ0n) is 7.80. The summed E-state index contributed by atoms with van der Waals surface area (Å²) in [6, 6.07) is 2.97. The Hall–Kier alpha value is -1.62. The molecule has 0 saturated heterocycles. The fourth-order valence-electron chi connectivity index (χ4n) is 0.791. The lowest BCUT2D eigenvalue weighted by Gasteiger charge is -2.10. The van der Waals surface area contributed by atoms with E-state index in [0.717, 1.165) is 0 Å². The van der Waals surface area contributed by atoms with Gasteiger partial charge in [0.2, 0.25) is 0 Å². The van der Waals surface area contributed by atoms with Crippen molar-refractivity contribution in [2.75, 3.05) is 6.61 Å². The second-order valence-electron chi connectivity index (χ2n) is 2.81. The zero-order valence-corrected chi connectivity index (χ0v) is 7.80. The van der Waals surface area contributed by atoms with Crippen molar-refractivity contribution in [2.45, 2.75) is 13.0 Å². The molecule has 0 saturated carbocycles. The summed E-state index contributed by atoms with van der Waals surface area (Å²) < 4.78 is 4.86. The summed E-state index contributed by atoms with van der Waals surface area (Å²) in [6.45, 7) is 1.55. The summed E-state index contributed by atoms with van der Waals surface area (Å²) >= 11 is 0. The second-order valence-corrected chi connectivity index (χ2v) is 2.81. The molecule has 1 aromatic rings. The quantitative estimate of drug-likeness (QED) is 0.740. The van der Waals surface area contributed by atoms with Gasteiger partial charge in [-0.3, -0.25) is 4.98 Å². The van der Waals surface area contributed by atoms with Gasteiger partial charge in [-0.1, -0.05) is 0 Å². The Morgan fingerprint density at radius 2 is 2.57 bits per heavy atom. The lowest BCUT2D eigenvalue weighted by Crippen LogP contribution is -2.36. The number of nitrogens with zero attached hydrogens (tertiary/aromatic N) is 1. The highest BCUT2D eigenvalue weighted by Gasteiger charge is 2.07. The maximum absolute atomic E-state index is 11.1. The Kier molecular flexibility index (Phi) is 3.87. The summed E-state index contributed by atoms with van der Waals surface area (Å²) in [5.41, 5.74) is 0. The number of rotatable bonds is 3. The molecular weight excluding hydrogens is 184 g/mol. The van der Waals surface area contributed by atoms with Crippen LogP contribution in [0.1, 0.15) is 6.92 Å². The fraction of sp³-hybridized carbons (Fsp3) is 0.333. The minimum absolute atomic E-state index is 0.123. The first-order valence-corrected chi connectivity index (χ1v) is 4.21. The van der Waals surface area contributed by atoms with Crippen molar-refractivity contribution in [3.8, 4) is 5.75 Å². The van der Waals surface area contributed by atoms with Gasteiger partial charge in [0.15, 0.2) is 5.75 Å². The number of aliphatic hydroxyl groups is 1. The number of amides is 1. The highest BCUT2D eigenvalue weighted by atomic mass is 16.6. The van der Waals surface area contributed by atoms with E-state index in [2.05, 4.69) is 10.3 Å². The Bertz CT molecular complexity index is 289. The molecule has 1 heterocycles. The number of ether oxygens (including phenoxy) is 1. The Morgan fingerprint density at radius 3 is 3.14 bits per heavy atom. The molecule has 0 bridgehead atoms. The third-order valence-corrected chi connectivity index (χ3v) is 1.48. The van der Waals surface area contributed by atoms with Crippen molar-refractivity contribution in [1.29, 1.82) is 0 Å². The van der Waals surface area contributed by atoms with Crippen LogP contribution in [0.25, 0.3) is 0 Å². The molecule has 0 aliphatic heterocycles. The molecule has 1 amide bonds. The van der Waals surface area contributed by atoms with Crippen LogP contribution in [0.15, 0.2) is 24.5 Å². The molecule has 5 heteroatoms. The van der Waals surface area contributed by atoms with Crippen molar-refractivity contribution in [3.63, 3.8) is 0 Å². The lowest BCUT2D eigenvalue weighted by atomic mass is 10.4. The number of aliphatic hydroxyl groups excluding tert-OH is 1. The largest absolute Gasteiger partial charge is 0.412 e. The van der Waals surface area contributed by atoms with Gasteiger partial charge in [-0.2, -0.15) is 0 Å². The van der Waals surface area contributed by atoms with Crippen molar-refractivity contribution in [1.82, 2.24) is 10.3 Å². The summed E-state index contributed by atoms with van der Waals surface area (Å²) in [5.74, 6) is 0.370. The van der Waals surface area contributed by atoms with E-state index in [1.807, 2.05) is 0 Å². The summed E-state index contributed by atoms with van der Waals surface area (Å²) in [5, 5.41) is 11.1. The van der Waals surface area contributed by atoms with Crippen LogP contribution in [0.4, 0.5) is 4.79 Å². The predicted octanol–water partition coefficient (Wildman–Crippen LogP) is 0.551. The summed E-state index contributed by atoms with van der Waals surface area (Å²) in [6.07, 6.45) is 2.42. The van der Waals surface area contributed by atoms with Crippen molar-refractivity contribution >= 4 is 6.09 Å². The summed E-state index contributed by atoms with van der Waals surface area (Å²) in [4.78, 5) is 14.9. The molecule has 0 radical (unpaired) electrons.